The molecule has 1 saturated heterocycles. The molecular weight excluding hydrogens is 332 g/mol. The molecule has 1 aromatic carbocycles. The number of carbonyl (C=O) groups excluding carboxylic acids is 3. The zero-order valence-electron chi connectivity index (χ0n) is 15.4. The first-order chi connectivity index (χ1) is 12.5. The molecule has 1 aliphatic heterocycles. The van der Waals surface area contributed by atoms with Crippen LogP contribution in [0.4, 0.5) is 4.79 Å². The molecule has 1 aliphatic carbocycles. The van der Waals surface area contributed by atoms with E-state index in [2.05, 4.69) is 29.4 Å². The fraction of sp³-hybridized carbons (Fsp3) is 0.526. The zero-order valence-corrected chi connectivity index (χ0v) is 15.4. The largest absolute Gasteiger partial charge is 0.353 e. The summed E-state index contributed by atoms with van der Waals surface area (Å²) in [7, 11) is 0. The molecule has 26 heavy (non-hydrogen) atoms. The van der Waals surface area contributed by atoms with Gasteiger partial charge in [0.25, 0.3) is 5.91 Å². The first kappa shape index (κ1) is 18.4. The topological polar surface area (TPSA) is 81.8 Å². The van der Waals surface area contributed by atoms with E-state index >= 15 is 0 Å². The molecule has 140 valence electrons. The number of urea groups is 1. The minimum absolute atomic E-state index is 0.243. The molecule has 1 unspecified atom stereocenters. The van der Waals surface area contributed by atoms with E-state index in [-0.39, 0.29) is 18.4 Å². The number of rotatable bonds is 7. The maximum Gasteiger partial charge on any atom is 0.325 e. The first-order valence-electron chi connectivity index (χ1n) is 9.23. The minimum Gasteiger partial charge on any atom is -0.353 e. The number of fused-ring (bicyclic) bond motifs is 2. The van der Waals surface area contributed by atoms with E-state index in [9.17, 15) is 14.4 Å². The van der Waals surface area contributed by atoms with E-state index in [0.717, 1.165) is 42.1 Å². The summed E-state index contributed by atoms with van der Waals surface area (Å²) in [5, 5.41) is 5.63. The normalized spacial score (nSPS) is 21.4. The Labute approximate surface area is 153 Å². The molecule has 0 bridgehead atoms. The third-order valence-electron chi connectivity index (χ3n) is 5.37. The molecular formula is C19H26N4O3. The van der Waals surface area contributed by atoms with Crippen molar-refractivity contribution in [2.45, 2.75) is 32.2 Å². The lowest BCUT2D eigenvalue weighted by atomic mass is 9.92. The van der Waals surface area contributed by atoms with Gasteiger partial charge in [-0.2, -0.15) is 0 Å². The molecule has 7 heteroatoms. The molecule has 3 rings (SSSR count). The van der Waals surface area contributed by atoms with Crippen LogP contribution in [0, 0.1) is 0 Å². The molecule has 7 nitrogen and oxygen atoms in total. The van der Waals surface area contributed by atoms with Crippen LogP contribution in [-0.4, -0.2) is 60.4 Å². The van der Waals surface area contributed by atoms with Gasteiger partial charge in [0.15, 0.2) is 0 Å². The number of likely N-dealkylation sites (N-methyl/N-ethyl adjacent to an activating group) is 1. The van der Waals surface area contributed by atoms with Gasteiger partial charge in [0.05, 0.1) is 0 Å². The highest BCUT2D eigenvalue weighted by atomic mass is 16.2. The second kappa shape index (κ2) is 7.45. The van der Waals surface area contributed by atoms with E-state index in [1.54, 1.807) is 0 Å². The molecule has 2 N–H and O–H groups in total. The number of nitrogens with zero attached hydrogens (tertiary/aromatic N) is 2. The highest BCUT2D eigenvalue weighted by Gasteiger charge is 2.55. The van der Waals surface area contributed by atoms with Crippen LogP contribution in [-0.2, 0) is 21.5 Å². The van der Waals surface area contributed by atoms with Crippen LogP contribution in [0.25, 0.3) is 0 Å². The van der Waals surface area contributed by atoms with Gasteiger partial charge < -0.3 is 15.5 Å². The Kier molecular flexibility index (Phi) is 5.27. The number of nitrogens with one attached hydrogen (secondary N) is 2. The van der Waals surface area contributed by atoms with Crippen molar-refractivity contribution in [3.63, 3.8) is 0 Å². The van der Waals surface area contributed by atoms with Crippen molar-refractivity contribution in [1.82, 2.24) is 20.4 Å². The molecule has 0 saturated carbocycles. The van der Waals surface area contributed by atoms with Crippen molar-refractivity contribution in [3.05, 3.63) is 35.4 Å². The number of aryl methyl sites for hydroxylation is 1. The van der Waals surface area contributed by atoms with Crippen molar-refractivity contribution in [1.29, 1.82) is 0 Å². The van der Waals surface area contributed by atoms with E-state index in [4.69, 9.17) is 0 Å². The molecule has 4 amide bonds. The van der Waals surface area contributed by atoms with Gasteiger partial charge in [-0.3, -0.25) is 14.5 Å². The Morgan fingerprint density at radius 1 is 1.27 bits per heavy atom. The predicted molar refractivity (Wildman–Crippen MR) is 97.5 cm³/mol. The number of hydrogen-bond donors (Lipinski definition) is 2. The van der Waals surface area contributed by atoms with Gasteiger partial charge in [-0.1, -0.05) is 38.1 Å². The van der Waals surface area contributed by atoms with E-state index < -0.39 is 11.6 Å². The van der Waals surface area contributed by atoms with Gasteiger partial charge >= 0.3 is 6.03 Å². The summed E-state index contributed by atoms with van der Waals surface area (Å²) >= 11 is 0. The third-order valence-corrected chi connectivity index (χ3v) is 5.37. The smallest absolute Gasteiger partial charge is 0.325 e. The average molecular weight is 358 g/mol. The van der Waals surface area contributed by atoms with Crippen molar-refractivity contribution >= 4 is 17.8 Å². The Hall–Kier alpha value is -2.41. The second-order valence-electron chi connectivity index (χ2n) is 6.76. The van der Waals surface area contributed by atoms with Crippen LogP contribution < -0.4 is 10.6 Å². The molecule has 1 fully saturated rings. The Balaban J connectivity index is 1.63. The first-order valence-corrected chi connectivity index (χ1v) is 9.23. The van der Waals surface area contributed by atoms with E-state index in [0.29, 0.717) is 13.0 Å². The second-order valence-corrected chi connectivity index (χ2v) is 6.76. The highest BCUT2D eigenvalue weighted by Crippen LogP contribution is 2.41. The molecule has 1 aromatic rings. The van der Waals surface area contributed by atoms with E-state index in [1.807, 2.05) is 24.3 Å². The van der Waals surface area contributed by atoms with Gasteiger partial charge in [0, 0.05) is 13.1 Å². The van der Waals surface area contributed by atoms with E-state index in [1.165, 1.54) is 0 Å². The summed E-state index contributed by atoms with van der Waals surface area (Å²) in [6.07, 6.45) is 1.28. The van der Waals surface area contributed by atoms with Gasteiger partial charge in [-0.25, -0.2) is 4.79 Å². The van der Waals surface area contributed by atoms with Crippen molar-refractivity contribution in [3.8, 4) is 0 Å². The Morgan fingerprint density at radius 2 is 2.00 bits per heavy atom. The molecule has 0 radical (unpaired) electrons. The molecule has 1 spiro atoms. The lowest BCUT2D eigenvalue weighted by Gasteiger charge is -2.22. The maximum atomic E-state index is 13.0. The Morgan fingerprint density at radius 3 is 2.73 bits per heavy atom. The summed E-state index contributed by atoms with van der Waals surface area (Å²) in [6, 6.07) is 7.17. The fourth-order valence-corrected chi connectivity index (χ4v) is 3.83. The zero-order chi connectivity index (χ0) is 18.7. The van der Waals surface area contributed by atoms with Gasteiger partial charge in [-0.05, 0) is 37.1 Å². The van der Waals surface area contributed by atoms with Crippen LogP contribution in [0.1, 0.15) is 31.4 Å². The summed E-state index contributed by atoms with van der Waals surface area (Å²) in [5.41, 5.74) is 0.921. The SMILES string of the molecule is CCN(CC)CCNC(=O)CN1C(=O)NC2(CCc3ccccc32)C1=O. The number of amides is 4. The quantitative estimate of drug-likeness (QED) is 0.708. The summed E-state index contributed by atoms with van der Waals surface area (Å²) in [6.45, 7) is 6.97. The van der Waals surface area contributed by atoms with Crippen LogP contribution in [0.15, 0.2) is 24.3 Å². The molecule has 0 aromatic heterocycles. The van der Waals surface area contributed by atoms with Crippen molar-refractivity contribution in [2.24, 2.45) is 0 Å². The lowest BCUT2D eigenvalue weighted by Crippen LogP contribution is -2.44. The number of benzene rings is 1. The predicted octanol–water partition coefficient (Wildman–Crippen LogP) is 0.838. The number of imide groups is 1. The lowest BCUT2D eigenvalue weighted by molar-refractivity contribution is -0.135. The van der Waals surface area contributed by atoms with Crippen LogP contribution >= 0.6 is 0 Å². The summed E-state index contributed by atoms with van der Waals surface area (Å²) < 4.78 is 0. The van der Waals surface area contributed by atoms with Crippen molar-refractivity contribution in [2.75, 3.05) is 32.7 Å². The van der Waals surface area contributed by atoms with Gasteiger partial charge in [0.1, 0.15) is 12.1 Å². The van der Waals surface area contributed by atoms with Gasteiger partial charge in [-0.15, -0.1) is 0 Å². The maximum absolute atomic E-state index is 13.0. The number of carbonyl (C=O) groups is 3. The third kappa shape index (κ3) is 3.19. The molecule has 1 atom stereocenters. The van der Waals surface area contributed by atoms with Crippen LogP contribution in [0.2, 0.25) is 0 Å². The molecule has 2 aliphatic rings. The summed E-state index contributed by atoms with van der Waals surface area (Å²) in [4.78, 5) is 40.8. The van der Waals surface area contributed by atoms with Crippen LogP contribution in [0.3, 0.4) is 0 Å². The highest BCUT2D eigenvalue weighted by molar-refractivity contribution is 6.09. The monoisotopic (exact) mass is 358 g/mol. The van der Waals surface area contributed by atoms with Gasteiger partial charge in [0.2, 0.25) is 5.91 Å². The minimum atomic E-state index is -1.00. The van der Waals surface area contributed by atoms with Crippen LogP contribution in [0.5, 0.6) is 0 Å². The average Bonchev–Trinajstić information content (AvgIpc) is 3.13. The fourth-order valence-electron chi connectivity index (χ4n) is 3.83. The number of hydrogen-bond acceptors (Lipinski definition) is 4. The standard InChI is InChI=1S/C19H26N4O3/c1-3-22(4-2)12-11-20-16(24)13-23-17(25)19(21-18(23)26)10-9-14-7-5-6-8-15(14)19/h5-8H,3-4,9-13H2,1-2H3,(H,20,24)(H,21,26). The van der Waals surface area contributed by atoms with Crippen molar-refractivity contribution < 1.29 is 14.4 Å². The molecule has 1 heterocycles. The Bertz CT molecular complexity index is 716. The summed E-state index contributed by atoms with van der Waals surface area (Å²) in [5.74, 6) is -0.643.